The summed E-state index contributed by atoms with van der Waals surface area (Å²) < 4.78 is 1.55. The van der Waals surface area contributed by atoms with Gasteiger partial charge in [-0.3, -0.25) is 19.7 Å². The summed E-state index contributed by atoms with van der Waals surface area (Å²) in [5, 5.41) is 17.1. The van der Waals surface area contributed by atoms with Gasteiger partial charge in [-0.1, -0.05) is 35.3 Å². The third kappa shape index (κ3) is 4.56. The number of aromatic nitrogens is 2. The number of nitro benzene ring substituents is 1. The maximum atomic E-state index is 12.9. The molecule has 150 valence electrons. The van der Waals surface area contributed by atoms with Gasteiger partial charge >= 0.3 is 0 Å². The lowest BCUT2D eigenvalue weighted by Gasteiger charge is -2.18. The minimum Gasteiger partial charge on any atom is -0.274 e. The number of non-ortho nitro benzene ring substituents is 1. The molecular formula is C19H16Cl2N4O4. The lowest BCUT2D eigenvalue weighted by Crippen LogP contribution is -2.30. The number of hydrogen-bond acceptors (Lipinski definition) is 5. The minimum atomic E-state index is -0.486. The van der Waals surface area contributed by atoms with Gasteiger partial charge in [-0.25, -0.2) is 9.75 Å². The molecule has 1 amide bonds. The second kappa shape index (κ2) is 8.60. The number of benzene rings is 2. The van der Waals surface area contributed by atoms with Crippen molar-refractivity contribution in [2.75, 3.05) is 7.11 Å². The molecule has 0 radical (unpaired) electrons. The Labute approximate surface area is 176 Å². The molecule has 3 aromatic rings. The van der Waals surface area contributed by atoms with Crippen molar-refractivity contribution in [3.05, 3.63) is 85.6 Å². The highest BCUT2D eigenvalue weighted by molar-refractivity contribution is 6.35. The number of nitrogens with zero attached hydrogens (tertiary/aromatic N) is 4. The number of rotatable bonds is 6. The molecule has 0 fully saturated rings. The van der Waals surface area contributed by atoms with E-state index in [1.807, 2.05) is 0 Å². The van der Waals surface area contributed by atoms with Crippen molar-refractivity contribution in [1.82, 2.24) is 14.8 Å². The van der Waals surface area contributed by atoms with Crippen LogP contribution in [0.4, 0.5) is 5.69 Å². The zero-order chi connectivity index (χ0) is 21.1. The number of hydrogen-bond donors (Lipinski definition) is 0. The Hall–Kier alpha value is -2.94. The Morgan fingerprint density at radius 1 is 1.21 bits per heavy atom. The number of carbonyl (C=O) groups excluding carboxylic acids is 1. The second-order valence-electron chi connectivity index (χ2n) is 6.13. The van der Waals surface area contributed by atoms with Crippen LogP contribution in [0.5, 0.6) is 0 Å². The molecule has 10 heteroatoms. The predicted molar refractivity (Wildman–Crippen MR) is 108 cm³/mol. The lowest BCUT2D eigenvalue weighted by atomic mass is 10.2. The van der Waals surface area contributed by atoms with E-state index in [1.165, 1.54) is 19.2 Å². The fourth-order valence-corrected chi connectivity index (χ4v) is 3.20. The molecule has 29 heavy (non-hydrogen) atoms. The fraction of sp³-hybridized carbons (Fsp3) is 0.158. The van der Waals surface area contributed by atoms with Crippen molar-refractivity contribution in [3.63, 3.8) is 0 Å². The van der Waals surface area contributed by atoms with Gasteiger partial charge in [-0.05, 0) is 36.8 Å². The lowest BCUT2D eigenvalue weighted by molar-refractivity contribution is -0.384. The van der Waals surface area contributed by atoms with Gasteiger partial charge in [0.25, 0.3) is 11.6 Å². The van der Waals surface area contributed by atoms with E-state index in [9.17, 15) is 14.9 Å². The smallest absolute Gasteiger partial charge is 0.274 e. The average molecular weight is 435 g/mol. The molecule has 0 aliphatic carbocycles. The van der Waals surface area contributed by atoms with Gasteiger partial charge in [-0.2, -0.15) is 5.10 Å². The van der Waals surface area contributed by atoms with E-state index in [0.29, 0.717) is 27.0 Å². The zero-order valence-electron chi connectivity index (χ0n) is 15.5. The molecule has 0 saturated carbocycles. The van der Waals surface area contributed by atoms with Gasteiger partial charge in [0, 0.05) is 22.8 Å². The van der Waals surface area contributed by atoms with Crippen LogP contribution in [0.2, 0.25) is 10.0 Å². The van der Waals surface area contributed by atoms with Crippen molar-refractivity contribution >= 4 is 34.8 Å². The van der Waals surface area contributed by atoms with Crippen LogP contribution >= 0.6 is 23.2 Å². The van der Waals surface area contributed by atoms with Crippen molar-refractivity contribution in [2.24, 2.45) is 0 Å². The molecule has 0 bridgehead atoms. The molecule has 0 aliphatic rings. The first-order chi connectivity index (χ1) is 13.8. The first-order valence-corrected chi connectivity index (χ1v) is 9.17. The zero-order valence-corrected chi connectivity index (χ0v) is 17.0. The number of hydroxylamine groups is 2. The number of amides is 1. The highest BCUT2D eigenvalue weighted by Crippen LogP contribution is 2.25. The van der Waals surface area contributed by atoms with E-state index in [0.717, 1.165) is 5.06 Å². The maximum absolute atomic E-state index is 12.9. The van der Waals surface area contributed by atoms with Gasteiger partial charge in [0.1, 0.15) is 0 Å². The summed E-state index contributed by atoms with van der Waals surface area (Å²) in [5.74, 6) is -0.460. The fourth-order valence-electron chi connectivity index (χ4n) is 2.71. The van der Waals surface area contributed by atoms with Crippen molar-refractivity contribution in [2.45, 2.75) is 13.5 Å². The SMILES string of the molecule is CON(Cc1ccc([N+](=O)[O-])cc1)C(=O)c1cc(C)n(-c2ccc(Cl)cc2Cl)n1. The van der Waals surface area contributed by atoms with Crippen LogP contribution in [0.25, 0.3) is 5.69 Å². The van der Waals surface area contributed by atoms with Crippen LogP contribution in [-0.2, 0) is 11.4 Å². The Morgan fingerprint density at radius 3 is 2.48 bits per heavy atom. The van der Waals surface area contributed by atoms with Crippen LogP contribution in [0.3, 0.4) is 0 Å². The summed E-state index contributed by atoms with van der Waals surface area (Å²) in [6.07, 6.45) is 0. The number of nitro groups is 1. The summed E-state index contributed by atoms with van der Waals surface area (Å²) in [4.78, 5) is 28.3. The van der Waals surface area contributed by atoms with Gasteiger partial charge in [0.05, 0.1) is 29.3 Å². The normalized spacial score (nSPS) is 10.8. The Balaban J connectivity index is 1.83. The van der Waals surface area contributed by atoms with E-state index in [1.54, 1.807) is 48.0 Å². The summed E-state index contributed by atoms with van der Waals surface area (Å²) in [5.41, 5.74) is 2.09. The molecule has 8 nitrogen and oxygen atoms in total. The van der Waals surface area contributed by atoms with E-state index < -0.39 is 10.8 Å². The number of aryl methyl sites for hydroxylation is 1. The minimum absolute atomic E-state index is 0.0294. The Kier molecular flexibility index (Phi) is 6.17. The van der Waals surface area contributed by atoms with Gasteiger partial charge in [-0.15, -0.1) is 0 Å². The Bertz CT molecular complexity index is 1070. The number of carbonyl (C=O) groups is 1. The van der Waals surface area contributed by atoms with E-state index in [-0.39, 0.29) is 17.9 Å². The molecule has 0 aliphatic heterocycles. The van der Waals surface area contributed by atoms with Crippen LogP contribution < -0.4 is 0 Å². The molecule has 1 heterocycles. The van der Waals surface area contributed by atoms with Crippen molar-refractivity contribution in [3.8, 4) is 5.69 Å². The highest BCUT2D eigenvalue weighted by atomic mass is 35.5. The molecule has 0 saturated heterocycles. The molecule has 1 aromatic heterocycles. The summed E-state index contributed by atoms with van der Waals surface area (Å²) in [6.45, 7) is 1.89. The molecule has 3 rings (SSSR count). The molecular weight excluding hydrogens is 419 g/mol. The van der Waals surface area contributed by atoms with Crippen LogP contribution in [0, 0.1) is 17.0 Å². The van der Waals surface area contributed by atoms with E-state index >= 15 is 0 Å². The third-order valence-corrected chi connectivity index (χ3v) is 4.70. The Morgan fingerprint density at radius 2 is 1.90 bits per heavy atom. The molecule has 2 aromatic carbocycles. The average Bonchev–Trinajstić information content (AvgIpc) is 3.07. The van der Waals surface area contributed by atoms with Gasteiger partial charge < -0.3 is 0 Å². The first kappa shape index (κ1) is 20.8. The van der Waals surface area contributed by atoms with Crippen LogP contribution in [0.15, 0.2) is 48.5 Å². The topological polar surface area (TPSA) is 90.5 Å². The molecule has 0 spiro atoms. The largest absolute Gasteiger partial charge is 0.298 e. The maximum Gasteiger partial charge on any atom is 0.298 e. The first-order valence-electron chi connectivity index (χ1n) is 8.41. The second-order valence-corrected chi connectivity index (χ2v) is 6.97. The quantitative estimate of drug-likeness (QED) is 0.417. The molecule has 0 atom stereocenters. The highest BCUT2D eigenvalue weighted by Gasteiger charge is 2.21. The molecule has 0 N–H and O–H groups in total. The van der Waals surface area contributed by atoms with Crippen molar-refractivity contribution in [1.29, 1.82) is 0 Å². The van der Waals surface area contributed by atoms with Crippen LogP contribution in [-0.4, -0.2) is 32.8 Å². The summed E-state index contributed by atoms with van der Waals surface area (Å²) in [7, 11) is 1.36. The third-order valence-electron chi connectivity index (χ3n) is 4.16. The van der Waals surface area contributed by atoms with Crippen LogP contribution in [0.1, 0.15) is 21.7 Å². The van der Waals surface area contributed by atoms with Gasteiger partial charge in [0.15, 0.2) is 5.69 Å². The van der Waals surface area contributed by atoms with Gasteiger partial charge in [0.2, 0.25) is 0 Å². The summed E-state index contributed by atoms with van der Waals surface area (Å²) in [6, 6.07) is 12.5. The number of halogens is 2. The predicted octanol–water partition coefficient (Wildman–Crippen LogP) is 4.60. The van der Waals surface area contributed by atoms with E-state index in [2.05, 4.69) is 5.10 Å². The van der Waals surface area contributed by atoms with Crippen molar-refractivity contribution < 1.29 is 14.6 Å². The monoisotopic (exact) mass is 434 g/mol. The summed E-state index contributed by atoms with van der Waals surface area (Å²) >= 11 is 12.2. The van der Waals surface area contributed by atoms with E-state index in [4.69, 9.17) is 28.0 Å². The molecule has 0 unspecified atom stereocenters. The standard InChI is InChI=1S/C19H16Cl2N4O4/c1-12-9-17(22-24(12)18-8-5-14(20)10-16(18)21)19(26)23(29-2)11-13-3-6-15(7-4-13)25(27)28/h3-10H,11H2,1-2H3.